The lowest BCUT2D eigenvalue weighted by Gasteiger charge is -2.62. The third-order valence-corrected chi connectivity index (χ3v) is 11.9. The standard InChI is InChI=1S/C30H48O5/c1-17(2)21(31)10-8-18(26(34)35)25-22(32)16-30(7)20-9-11-23-27(3,4)24(33)13-14-28(23,5)19(20)12-15-29(25,30)6/h17-18,22-25,32-33H,8-16H2,1-7H3,(H,34,35)/t18-,22-,23+,24-,25+,28-,29-,30+/m1/s1. The molecule has 35 heavy (non-hydrogen) atoms. The molecule has 5 nitrogen and oxygen atoms in total. The van der Waals surface area contributed by atoms with Gasteiger partial charge in [0.1, 0.15) is 5.78 Å². The topological polar surface area (TPSA) is 94.8 Å². The van der Waals surface area contributed by atoms with Crippen molar-refractivity contribution in [2.45, 2.75) is 118 Å². The summed E-state index contributed by atoms with van der Waals surface area (Å²) in [6.07, 6.45) is 5.86. The molecule has 0 spiro atoms. The van der Waals surface area contributed by atoms with E-state index in [1.807, 2.05) is 13.8 Å². The molecule has 0 saturated heterocycles. The van der Waals surface area contributed by atoms with Gasteiger partial charge in [-0.2, -0.15) is 0 Å². The van der Waals surface area contributed by atoms with Crippen LogP contribution in [-0.2, 0) is 9.59 Å². The second-order valence-electron chi connectivity index (χ2n) is 14.0. The fourth-order valence-electron chi connectivity index (χ4n) is 9.54. The third kappa shape index (κ3) is 3.77. The molecule has 2 saturated carbocycles. The number of carbonyl (C=O) groups excluding carboxylic acids is 1. The van der Waals surface area contributed by atoms with Gasteiger partial charge in [0.2, 0.25) is 0 Å². The van der Waals surface area contributed by atoms with Gasteiger partial charge in [-0.05, 0) is 78.9 Å². The number of carboxylic acids is 1. The van der Waals surface area contributed by atoms with Crippen LogP contribution in [-0.4, -0.2) is 39.3 Å². The number of aliphatic carboxylic acids is 1. The van der Waals surface area contributed by atoms with Crippen molar-refractivity contribution in [3.05, 3.63) is 11.1 Å². The van der Waals surface area contributed by atoms with E-state index in [0.717, 1.165) is 38.5 Å². The summed E-state index contributed by atoms with van der Waals surface area (Å²) >= 11 is 0. The van der Waals surface area contributed by atoms with Crippen LogP contribution in [0.5, 0.6) is 0 Å². The highest BCUT2D eigenvalue weighted by molar-refractivity contribution is 5.81. The second kappa shape index (κ2) is 8.68. The van der Waals surface area contributed by atoms with Gasteiger partial charge >= 0.3 is 5.97 Å². The van der Waals surface area contributed by atoms with Gasteiger partial charge < -0.3 is 15.3 Å². The fourth-order valence-corrected chi connectivity index (χ4v) is 9.54. The van der Waals surface area contributed by atoms with E-state index in [1.165, 1.54) is 5.57 Å². The summed E-state index contributed by atoms with van der Waals surface area (Å²) in [4.78, 5) is 24.8. The van der Waals surface area contributed by atoms with E-state index in [2.05, 4.69) is 34.6 Å². The summed E-state index contributed by atoms with van der Waals surface area (Å²) in [6.45, 7) is 15.1. The van der Waals surface area contributed by atoms with Crippen LogP contribution in [0.25, 0.3) is 0 Å². The Balaban J connectivity index is 1.71. The van der Waals surface area contributed by atoms with Gasteiger partial charge in [0.15, 0.2) is 0 Å². The number of allylic oxidation sites excluding steroid dienone is 2. The molecular formula is C30H48O5. The maximum Gasteiger partial charge on any atom is 0.306 e. The molecule has 0 radical (unpaired) electrons. The van der Waals surface area contributed by atoms with E-state index in [0.29, 0.717) is 18.8 Å². The predicted octanol–water partition coefficient (Wildman–Crippen LogP) is 5.77. The average Bonchev–Trinajstić information content (AvgIpc) is 2.97. The minimum Gasteiger partial charge on any atom is -0.481 e. The Hall–Kier alpha value is -1.20. The molecule has 0 aromatic rings. The van der Waals surface area contributed by atoms with Crippen molar-refractivity contribution >= 4 is 11.8 Å². The van der Waals surface area contributed by atoms with Crippen LogP contribution >= 0.6 is 0 Å². The average molecular weight is 489 g/mol. The first-order valence-corrected chi connectivity index (χ1v) is 14.0. The van der Waals surface area contributed by atoms with Crippen molar-refractivity contribution in [1.29, 1.82) is 0 Å². The maximum absolute atomic E-state index is 12.5. The molecular weight excluding hydrogens is 440 g/mol. The number of ketones is 1. The number of aliphatic hydroxyl groups is 2. The van der Waals surface area contributed by atoms with Gasteiger partial charge in [0.25, 0.3) is 0 Å². The van der Waals surface area contributed by atoms with Crippen molar-refractivity contribution in [2.75, 3.05) is 0 Å². The number of Topliss-reactive ketones (excluding diaryl/α,β-unsaturated/α-hetero) is 1. The summed E-state index contributed by atoms with van der Waals surface area (Å²) in [5, 5.41) is 32.5. The van der Waals surface area contributed by atoms with Crippen molar-refractivity contribution in [2.24, 2.45) is 45.3 Å². The number of fused-ring (bicyclic) bond motifs is 4. The minimum atomic E-state index is -0.880. The number of carbonyl (C=O) groups is 2. The number of hydrogen-bond acceptors (Lipinski definition) is 4. The molecule has 4 aliphatic carbocycles. The summed E-state index contributed by atoms with van der Waals surface area (Å²) < 4.78 is 0. The molecule has 4 aliphatic rings. The van der Waals surface area contributed by atoms with Crippen LogP contribution in [0.2, 0.25) is 0 Å². The molecule has 2 fully saturated rings. The zero-order chi connectivity index (χ0) is 26.1. The SMILES string of the molecule is CC(C)C(=O)CC[C@@H](C(=O)O)[C@H]1[C@H](O)C[C@@]2(C)C3=C(CC[C@]12C)[C@@]1(C)CC[C@@H](O)C(C)(C)[C@@H]1CC3. The lowest BCUT2D eigenvalue weighted by atomic mass is 9.43. The van der Waals surface area contributed by atoms with Gasteiger partial charge in [-0.1, -0.05) is 59.6 Å². The summed E-state index contributed by atoms with van der Waals surface area (Å²) in [7, 11) is 0. The van der Waals surface area contributed by atoms with Crippen molar-refractivity contribution in [3.63, 3.8) is 0 Å². The van der Waals surface area contributed by atoms with Crippen LogP contribution < -0.4 is 0 Å². The number of aliphatic hydroxyl groups excluding tert-OH is 2. The highest BCUT2D eigenvalue weighted by Gasteiger charge is 2.66. The molecule has 0 unspecified atom stereocenters. The summed E-state index contributed by atoms with van der Waals surface area (Å²) in [5.74, 6) is -1.52. The van der Waals surface area contributed by atoms with Crippen LogP contribution in [0.3, 0.4) is 0 Å². The smallest absolute Gasteiger partial charge is 0.306 e. The van der Waals surface area contributed by atoms with Crippen LogP contribution in [0.4, 0.5) is 0 Å². The zero-order valence-corrected chi connectivity index (χ0v) is 23.0. The third-order valence-electron chi connectivity index (χ3n) is 11.9. The van der Waals surface area contributed by atoms with E-state index >= 15 is 0 Å². The molecule has 4 rings (SSSR count). The molecule has 0 amide bonds. The first kappa shape index (κ1) is 26.9. The molecule has 0 aromatic carbocycles. The van der Waals surface area contributed by atoms with E-state index in [4.69, 9.17) is 0 Å². The number of hydrogen-bond donors (Lipinski definition) is 3. The zero-order valence-electron chi connectivity index (χ0n) is 23.0. The monoisotopic (exact) mass is 488 g/mol. The van der Waals surface area contributed by atoms with Crippen molar-refractivity contribution in [3.8, 4) is 0 Å². The van der Waals surface area contributed by atoms with Gasteiger partial charge in [0.05, 0.1) is 18.1 Å². The Morgan fingerprint density at radius 2 is 1.63 bits per heavy atom. The molecule has 5 heteroatoms. The van der Waals surface area contributed by atoms with Gasteiger partial charge in [0, 0.05) is 18.3 Å². The maximum atomic E-state index is 12.5. The van der Waals surface area contributed by atoms with Crippen molar-refractivity contribution in [1.82, 2.24) is 0 Å². The van der Waals surface area contributed by atoms with E-state index in [1.54, 1.807) is 5.57 Å². The lowest BCUT2D eigenvalue weighted by molar-refractivity contribution is -0.149. The molecule has 0 heterocycles. The molecule has 8 atom stereocenters. The molecule has 0 bridgehead atoms. The summed E-state index contributed by atoms with van der Waals surface area (Å²) in [5.41, 5.74) is 2.39. The Morgan fingerprint density at radius 3 is 2.23 bits per heavy atom. The Bertz CT molecular complexity index is 918. The van der Waals surface area contributed by atoms with Crippen molar-refractivity contribution < 1.29 is 24.9 Å². The molecule has 198 valence electrons. The Kier molecular flexibility index (Phi) is 6.66. The first-order valence-electron chi connectivity index (χ1n) is 14.0. The second-order valence-corrected chi connectivity index (χ2v) is 14.0. The molecule has 0 aromatic heterocycles. The fraction of sp³-hybridized carbons (Fsp3) is 0.867. The Labute approximate surface area is 211 Å². The van der Waals surface area contributed by atoms with E-state index in [9.17, 15) is 24.9 Å². The van der Waals surface area contributed by atoms with Gasteiger partial charge in [-0.15, -0.1) is 0 Å². The van der Waals surface area contributed by atoms with Gasteiger partial charge in [-0.3, -0.25) is 9.59 Å². The van der Waals surface area contributed by atoms with Crippen LogP contribution in [0.15, 0.2) is 11.1 Å². The predicted molar refractivity (Wildman–Crippen MR) is 137 cm³/mol. The highest BCUT2D eigenvalue weighted by atomic mass is 16.4. The van der Waals surface area contributed by atoms with Crippen LogP contribution in [0, 0.1) is 45.3 Å². The largest absolute Gasteiger partial charge is 0.481 e. The van der Waals surface area contributed by atoms with E-state index < -0.39 is 18.0 Å². The summed E-state index contributed by atoms with van der Waals surface area (Å²) in [6, 6.07) is 0. The quantitative estimate of drug-likeness (QED) is 0.412. The lowest BCUT2D eigenvalue weighted by Crippen LogP contribution is -2.55. The van der Waals surface area contributed by atoms with E-state index in [-0.39, 0.29) is 51.8 Å². The highest BCUT2D eigenvalue weighted by Crippen LogP contribution is 2.72. The molecule has 0 aliphatic heterocycles. The van der Waals surface area contributed by atoms with Gasteiger partial charge in [-0.25, -0.2) is 0 Å². The first-order chi connectivity index (χ1) is 16.1. The van der Waals surface area contributed by atoms with Crippen LogP contribution in [0.1, 0.15) is 106 Å². The Morgan fingerprint density at radius 1 is 0.971 bits per heavy atom. The molecule has 3 N–H and O–H groups in total. The normalized spacial score (nSPS) is 43.4. The number of carboxylic acid groups (broad SMARTS) is 1. The number of rotatable bonds is 6. The minimum absolute atomic E-state index is 0.0551.